The lowest BCUT2D eigenvalue weighted by atomic mass is 10.0. The Morgan fingerprint density at radius 2 is 1.75 bits per heavy atom. The fraction of sp³-hybridized carbons (Fsp3) is 0.333. The van der Waals surface area contributed by atoms with Gasteiger partial charge < -0.3 is 10.1 Å². The van der Waals surface area contributed by atoms with Gasteiger partial charge in [-0.2, -0.15) is 0 Å². The van der Waals surface area contributed by atoms with Gasteiger partial charge in [-0.05, 0) is 38.0 Å². The maximum atomic E-state index is 12.0. The smallest absolute Gasteiger partial charge is 0.306 e. The molecule has 28 heavy (non-hydrogen) atoms. The molecule has 0 aliphatic carbocycles. The van der Waals surface area contributed by atoms with Crippen LogP contribution in [0.1, 0.15) is 39.9 Å². The molecule has 0 fully saturated rings. The van der Waals surface area contributed by atoms with Crippen LogP contribution in [0.15, 0.2) is 42.5 Å². The third-order valence-electron chi connectivity index (χ3n) is 4.04. The van der Waals surface area contributed by atoms with Crippen molar-refractivity contribution in [3.63, 3.8) is 0 Å². The van der Waals surface area contributed by atoms with E-state index < -0.39 is 24.5 Å². The lowest BCUT2D eigenvalue weighted by Crippen LogP contribution is -2.43. The molecule has 2 aromatic rings. The molecule has 148 valence electrons. The van der Waals surface area contributed by atoms with Crippen LogP contribution in [0.5, 0.6) is 0 Å². The van der Waals surface area contributed by atoms with E-state index in [9.17, 15) is 19.2 Å². The number of benzene rings is 1. The zero-order chi connectivity index (χ0) is 20.5. The molecule has 0 saturated heterocycles. The number of rotatable bonds is 10. The van der Waals surface area contributed by atoms with Crippen LogP contribution >= 0.6 is 11.3 Å². The molecule has 0 saturated carbocycles. The van der Waals surface area contributed by atoms with Crippen molar-refractivity contribution >= 4 is 34.8 Å². The highest BCUT2D eigenvalue weighted by Gasteiger charge is 2.19. The summed E-state index contributed by atoms with van der Waals surface area (Å²) in [6.45, 7) is 2.82. The van der Waals surface area contributed by atoms with Crippen molar-refractivity contribution in [3.8, 4) is 0 Å². The van der Waals surface area contributed by atoms with Crippen molar-refractivity contribution in [2.45, 2.75) is 39.2 Å². The molecule has 1 aromatic carbocycles. The maximum absolute atomic E-state index is 12.0. The Morgan fingerprint density at radius 3 is 2.36 bits per heavy atom. The summed E-state index contributed by atoms with van der Waals surface area (Å²) in [5, 5.41) is 2.58. The second-order valence-electron chi connectivity index (χ2n) is 6.41. The molecule has 7 heteroatoms. The number of aryl methyl sites for hydroxylation is 1. The third kappa shape index (κ3) is 7.08. The first-order chi connectivity index (χ1) is 13.3. The molecular formula is C21H23NO5S. The quantitative estimate of drug-likeness (QED) is 0.488. The van der Waals surface area contributed by atoms with Gasteiger partial charge in [0, 0.05) is 11.3 Å². The van der Waals surface area contributed by atoms with Crippen LogP contribution in [0.2, 0.25) is 0 Å². The third-order valence-corrected chi connectivity index (χ3v) is 5.09. The van der Waals surface area contributed by atoms with Crippen LogP contribution in [-0.4, -0.2) is 36.1 Å². The van der Waals surface area contributed by atoms with Gasteiger partial charge in [0.2, 0.25) is 0 Å². The van der Waals surface area contributed by atoms with Crippen molar-refractivity contribution in [2.24, 2.45) is 0 Å². The number of nitrogens with one attached hydrogen (secondary N) is 1. The normalized spacial score (nSPS) is 11.5. The molecule has 0 bridgehead atoms. The summed E-state index contributed by atoms with van der Waals surface area (Å²) >= 11 is 1.38. The van der Waals surface area contributed by atoms with Crippen molar-refractivity contribution < 1.29 is 23.9 Å². The summed E-state index contributed by atoms with van der Waals surface area (Å²) in [6, 6.07) is 12.2. The minimum absolute atomic E-state index is 0.0322. The van der Waals surface area contributed by atoms with Gasteiger partial charge in [-0.15, -0.1) is 11.3 Å². The number of carbonyl (C=O) groups is 4. The zero-order valence-corrected chi connectivity index (χ0v) is 16.7. The van der Waals surface area contributed by atoms with E-state index in [2.05, 4.69) is 5.32 Å². The fourth-order valence-corrected chi connectivity index (χ4v) is 3.36. The Hall–Kier alpha value is -2.80. The zero-order valence-electron chi connectivity index (χ0n) is 15.9. The molecule has 0 unspecified atom stereocenters. The summed E-state index contributed by atoms with van der Waals surface area (Å²) < 4.78 is 4.92. The Labute approximate surface area is 167 Å². The highest BCUT2D eigenvalue weighted by Crippen LogP contribution is 2.17. The molecule has 1 atom stereocenters. The molecule has 0 aliphatic rings. The Balaban J connectivity index is 1.74. The molecule has 0 spiro atoms. The average molecular weight is 401 g/mol. The average Bonchev–Trinajstić information content (AvgIpc) is 3.11. The number of thiophene rings is 1. The SMILES string of the molecule is CC(=O)[C@@H](Cc1ccccc1)NC(=O)COC(=O)CCC(=O)c1ccc(C)s1. The number of hydrogen-bond acceptors (Lipinski definition) is 6. The molecule has 0 aliphatic heterocycles. The molecule has 1 amide bonds. The summed E-state index contributed by atoms with van der Waals surface area (Å²) in [7, 11) is 0. The molecule has 2 rings (SSSR count). The van der Waals surface area contributed by atoms with Gasteiger partial charge in [0.05, 0.1) is 17.3 Å². The van der Waals surface area contributed by atoms with E-state index in [1.54, 1.807) is 6.07 Å². The predicted octanol–water partition coefficient (Wildman–Crippen LogP) is 2.88. The van der Waals surface area contributed by atoms with E-state index in [4.69, 9.17) is 4.74 Å². The topological polar surface area (TPSA) is 89.5 Å². The first-order valence-electron chi connectivity index (χ1n) is 8.94. The summed E-state index contributed by atoms with van der Waals surface area (Å²) in [6.07, 6.45) is 0.304. The van der Waals surface area contributed by atoms with Crippen LogP contribution in [0.3, 0.4) is 0 Å². The van der Waals surface area contributed by atoms with E-state index in [1.165, 1.54) is 18.3 Å². The molecular weight excluding hydrogens is 378 g/mol. The van der Waals surface area contributed by atoms with Gasteiger partial charge in [0.25, 0.3) is 5.91 Å². The molecule has 0 radical (unpaired) electrons. The fourth-order valence-electron chi connectivity index (χ4n) is 2.52. The Morgan fingerprint density at radius 1 is 1.04 bits per heavy atom. The van der Waals surface area contributed by atoms with Gasteiger partial charge in [-0.3, -0.25) is 19.2 Å². The van der Waals surface area contributed by atoms with Gasteiger partial charge in [-0.1, -0.05) is 30.3 Å². The predicted molar refractivity (Wildman–Crippen MR) is 106 cm³/mol. The first-order valence-corrected chi connectivity index (χ1v) is 9.76. The summed E-state index contributed by atoms with van der Waals surface area (Å²) in [5.41, 5.74) is 0.919. The standard InChI is InChI=1S/C21H23NO5S/c1-14-8-10-19(28-14)18(24)9-11-21(26)27-13-20(25)22-17(15(2)23)12-16-6-4-3-5-7-16/h3-8,10,17H,9,11-13H2,1-2H3,(H,22,25)/t17-/m1/s1. The first kappa shape index (κ1) is 21.5. The van der Waals surface area contributed by atoms with Gasteiger partial charge >= 0.3 is 5.97 Å². The lowest BCUT2D eigenvalue weighted by molar-refractivity contribution is -0.148. The van der Waals surface area contributed by atoms with Crippen molar-refractivity contribution in [1.82, 2.24) is 5.32 Å². The summed E-state index contributed by atoms with van der Waals surface area (Å²) in [5.74, 6) is -1.48. The van der Waals surface area contributed by atoms with Crippen LogP contribution < -0.4 is 5.32 Å². The minimum Gasteiger partial charge on any atom is -0.456 e. The molecule has 1 N–H and O–H groups in total. The van der Waals surface area contributed by atoms with Crippen LogP contribution in [-0.2, 0) is 25.5 Å². The Kier molecular flexibility index (Phi) is 8.07. The maximum Gasteiger partial charge on any atom is 0.306 e. The number of hydrogen-bond donors (Lipinski definition) is 1. The van der Waals surface area contributed by atoms with Crippen molar-refractivity contribution in [1.29, 1.82) is 0 Å². The number of amides is 1. The van der Waals surface area contributed by atoms with Crippen LogP contribution in [0.25, 0.3) is 0 Å². The highest BCUT2D eigenvalue weighted by atomic mass is 32.1. The lowest BCUT2D eigenvalue weighted by Gasteiger charge is -2.16. The number of Topliss-reactive ketones (excluding diaryl/α,β-unsaturated/α-hetero) is 2. The van der Waals surface area contributed by atoms with Crippen molar-refractivity contribution in [3.05, 3.63) is 57.8 Å². The number of esters is 1. The minimum atomic E-state index is -0.683. The van der Waals surface area contributed by atoms with Crippen LogP contribution in [0.4, 0.5) is 0 Å². The van der Waals surface area contributed by atoms with E-state index in [0.29, 0.717) is 11.3 Å². The van der Waals surface area contributed by atoms with Gasteiger partial charge in [-0.25, -0.2) is 0 Å². The highest BCUT2D eigenvalue weighted by molar-refractivity contribution is 7.14. The number of carbonyl (C=O) groups excluding carboxylic acids is 4. The second-order valence-corrected chi connectivity index (χ2v) is 7.70. The molecule has 6 nitrogen and oxygen atoms in total. The summed E-state index contributed by atoms with van der Waals surface area (Å²) in [4.78, 5) is 49.2. The molecule has 1 heterocycles. The van der Waals surface area contributed by atoms with Gasteiger partial charge in [0.1, 0.15) is 0 Å². The van der Waals surface area contributed by atoms with E-state index in [1.807, 2.05) is 43.3 Å². The largest absolute Gasteiger partial charge is 0.456 e. The van der Waals surface area contributed by atoms with Crippen molar-refractivity contribution in [2.75, 3.05) is 6.61 Å². The van der Waals surface area contributed by atoms with E-state index >= 15 is 0 Å². The second kappa shape index (κ2) is 10.5. The Bertz CT molecular complexity index is 843. The monoisotopic (exact) mass is 401 g/mol. The van der Waals surface area contributed by atoms with Gasteiger partial charge in [0.15, 0.2) is 18.2 Å². The number of ether oxygens (including phenoxy) is 1. The van der Waals surface area contributed by atoms with Crippen LogP contribution in [0, 0.1) is 6.92 Å². The van der Waals surface area contributed by atoms with E-state index in [-0.39, 0.29) is 24.4 Å². The molecule has 1 aromatic heterocycles. The number of ketones is 2. The van der Waals surface area contributed by atoms with E-state index in [0.717, 1.165) is 10.4 Å².